The van der Waals surface area contributed by atoms with Gasteiger partial charge in [0.2, 0.25) is 0 Å². The van der Waals surface area contributed by atoms with Crippen LogP contribution in [0.2, 0.25) is 0 Å². The second-order valence-corrected chi connectivity index (χ2v) is 9.43. The van der Waals surface area contributed by atoms with E-state index in [0.29, 0.717) is 0 Å². The quantitative estimate of drug-likeness (QED) is 0.278. The first-order chi connectivity index (χ1) is 15.9. The fraction of sp³-hybridized carbons (Fsp3) is 0.304. The van der Waals surface area contributed by atoms with Crippen LogP contribution in [0.15, 0.2) is 47.4 Å². The first kappa shape index (κ1) is 26.7. The van der Waals surface area contributed by atoms with E-state index in [1.165, 1.54) is 43.5 Å². The van der Waals surface area contributed by atoms with Crippen molar-refractivity contribution in [1.29, 1.82) is 0 Å². The fourth-order valence-corrected chi connectivity index (χ4v) is 3.94. The van der Waals surface area contributed by atoms with Gasteiger partial charge in [0.05, 0.1) is 26.2 Å². The van der Waals surface area contributed by atoms with Crippen LogP contribution in [0.25, 0.3) is 0 Å². The van der Waals surface area contributed by atoms with Crippen LogP contribution in [0.1, 0.15) is 33.6 Å². The monoisotopic (exact) mass is 494 g/mol. The van der Waals surface area contributed by atoms with Crippen molar-refractivity contribution in [2.75, 3.05) is 27.6 Å². The Hall–Kier alpha value is -3.60. The number of halogens is 1. The van der Waals surface area contributed by atoms with Crippen molar-refractivity contribution in [3.8, 4) is 5.75 Å². The summed E-state index contributed by atoms with van der Waals surface area (Å²) in [5, 5.41) is 0. The smallest absolute Gasteiger partial charge is 0.324 e. The van der Waals surface area contributed by atoms with Gasteiger partial charge in [-0.1, -0.05) is 12.1 Å². The van der Waals surface area contributed by atoms with Gasteiger partial charge in [-0.25, -0.2) is 12.8 Å². The fourth-order valence-electron chi connectivity index (χ4n) is 3.31. The lowest BCUT2D eigenvalue weighted by Crippen LogP contribution is -2.44. The normalized spacial score (nSPS) is 11.4. The molecule has 0 fully saturated rings. The maximum absolute atomic E-state index is 14.1. The van der Waals surface area contributed by atoms with Crippen molar-refractivity contribution in [2.24, 2.45) is 5.41 Å². The number of ketones is 2. The molecule has 0 saturated heterocycles. The average molecular weight is 494 g/mol. The Morgan fingerprint density at radius 2 is 1.29 bits per heavy atom. The van der Waals surface area contributed by atoms with Crippen LogP contribution in [0, 0.1) is 11.2 Å². The van der Waals surface area contributed by atoms with Crippen LogP contribution in [0.4, 0.5) is 4.39 Å². The molecule has 2 rings (SSSR count). The molecule has 0 bridgehead atoms. The molecule has 9 nitrogen and oxygen atoms in total. The van der Waals surface area contributed by atoms with Gasteiger partial charge in [0, 0.05) is 30.2 Å². The molecular formula is C23H23FO9S. The number of carbonyl (C=O) groups is 4. The van der Waals surface area contributed by atoms with Gasteiger partial charge in [0.25, 0.3) is 0 Å². The van der Waals surface area contributed by atoms with Crippen molar-refractivity contribution in [3.63, 3.8) is 0 Å². The Morgan fingerprint density at radius 3 is 1.71 bits per heavy atom. The molecule has 0 heterocycles. The minimum Gasteiger partial charge on any atom is -0.494 e. The number of ether oxygens (including phenoxy) is 3. The zero-order valence-corrected chi connectivity index (χ0v) is 19.7. The van der Waals surface area contributed by atoms with Crippen LogP contribution in [0.3, 0.4) is 0 Å². The maximum Gasteiger partial charge on any atom is 0.324 e. The largest absolute Gasteiger partial charge is 0.494 e. The maximum atomic E-state index is 14.1. The predicted molar refractivity (Wildman–Crippen MR) is 117 cm³/mol. The van der Waals surface area contributed by atoms with Crippen LogP contribution < -0.4 is 4.74 Å². The molecule has 0 N–H and O–H groups in total. The van der Waals surface area contributed by atoms with E-state index in [2.05, 4.69) is 0 Å². The molecule has 0 aromatic heterocycles. The predicted octanol–water partition coefficient (Wildman–Crippen LogP) is 2.42. The highest BCUT2D eigenvalue weighted by Crippen LogP contribution is 2.34. The molecule has 0 spiro atoms. The summed E-state index contributed by atoms with van der Waals surface area (Å²) in [6, 6.07) is 8.17. The summed E-state index contributed by atoms with van der Waals surface area (Å²) in [6.07, 6.45) is -0.656. The van der Waals surface area contributed by atoms with E-state index in [1.54, 1.807) is 0 Å². The molecule has 34 heavy (non-hydrogen) atoms. The minimum atomic E-state index is -3.51. The zero-order valence-electron chi connectivity index (χ0n) is 18.9. The summed E-state index contributed by atoms with van der Waals surface area (Å²) in [5.74, 6) is -4.90. The molecule has 0 aliphatic heterocycles. The van der Waals surface area contributed by atoms with E-state index < -0.39 is 57.4 Å². The number of carbonyl (C=O) groups excluding carboxylic acids is 4. The zero-order chi connectivity index (χ0) is 25.7. The minimum absolute atomic E-state index is 0.00692. The van der Waals surface area contributed by atoms with Gasteiger partial charge in [-0.05, 0) is 30.3 Å². The highest BCUT2D eigenvalue weighted by Gasteiger charge is 2.51. The van der Waals surface area contributed by atoms with Gasteiger partial charge in [0.1, 0.15) is 0 Å². The Labute approximate surface area is 195 Å². The molecule has 0 radical (unpaired) electrons. The van der Waals surface area contributed by atoms with Crippen molar-refractivity contribution >= 4 is 33.3 Å². The Balaban J connectivity index is 2.47. The first-order valence-corrected chi connectivity index (χ1v) is 11.7. The van der Waals surface area contributed by atoms with E-state index >= 15 is 0 Å². The van der Waals surface area contributed by atoms with Crippen molar-refractivity contribution in [2.45, 2.75) is 17.7 Å². The Kier molecular flexibility index (Phi) is 8.27. The summed E-state index contributed by atoms with van der Waals surface area (Å²) in [4.78, 5) is 51.3. The summed E-state index contributed by atoms with van der Waals surface area (Å²) in [6.45, 7) is 0. The lowest BCUT2D eigenvalue weighted by atomic mass is 9.76. The molecule has 0 saturated carbocycles. The molecule has 2 aromatic carbocycles. The van der Waals surface area contributed by atoms with Crippen LogP contribution in [-0.4, -0.2) is 59.5 Å². The van der Waals surface area contributed by atoms with Gasteiger partial charge in [-0.15, -0.1) is 0 Å². The second-order valence-electron chi connectivity index (χ2n) is 7.41. The SMILES string of the molecule is COC(=O)C(CC(=O)c1ccc(S(C)(=O)=O)cc1)(CC(=O)c1ccc(OC)c(F)c1)C(=O)OC. The van der Waals surface area contributed by atoms with Crippen molar-refractivity contribution < 1.29 is 46.2 Å². The number of rotatable bonds is 10. The van der Waals surface area contributed by atoms with Gasteiger partial charge >= 0.3 is 11.9 Å². The lowest BCUT2D eigenvalue weighted by Gasteiger charge is -2.27. The second kappa shape index (κ2) is 10.6. The van der Waals surface area contributed by atoms with E-state index in [0.717, 1.165) is 26.5 Å². The summed E-state index contributed by atoms with van der Waals surface area (Å²) in [7, 11) is -0.320. The van der Waals surface area contributed by atoms with Gasteiger partial charge in [-0.2, -0.15) is 0 Å². The van der Waals surface area contributed by atoms with E-state index in [1.807, 2.05) is 0 Å². The van der Waals surface area contributed by atoms with Gasteiger partial charge in [0.15, 0.2) is 38.4 Å². The van der Waals surface area contributed by atoms with Crippen LogP contribution >= 0.6 is 0 Å². The molecule has 0 unspecified atom stereocenters. The summed E-state index contributed by atoms with van der Waals surface area (Å²) >= 11 is 0. The number of sulfone groups is 1. The standard InChI is InChI=1S/C23H23FO9S/c1-31-20-10-7-15(11-17(20)24)19(26)13-23(21(27)32-2,22(28)33-3)12-18(25)14-5-8-16(9-6-14)34(4,29)30/h5-11H,12-13H2,1-4H3. The molecule has 0 aliphatic carbocycles. The van der Waals surface area contributed by atoms with Crippen molar-refractivity contribution in [3.05, 3.63) is 59.4 Å². The highest BCUT2D eigenvalue weighted by atomic mass is 32.2. The number of esters is 2. The number of hydrogen-bond acceptors (Lipinski definition) is 9. The average Bonchev–Trinajstić information content (AvgIpc) is 2.81. The number of Topliss-reactive ketones (excluding diaryl/α,β-unsaturated/α-hetero) is 2. The third kappa shape index (κ3) is 5.66. The third-order valence-corrected chi connectivity index (χ3v) is 6.28. The third-order valence-electron chi connectivity index (χ3n) is 5.16. The number of methoxy groups -OCH3 is 3. The Morgan fingerprint density at radius 1 is 0.824 bits per heavy atom. The Bertz CT molecular complexity index is 1200. The van der Waals surface area contributed by atoms with Crippen LogP contribution in [0.5, 0.6) is 5.75 Å². The summed E-state index contributed by atoms with van der Waals surface area (Å²) in [5.41, 5.74) is -2.53. The van der Waals surface area contributed by atoms with Gasteiger partial charge < -0.3 is 14.2 Å². The molecule has 2 aromatic rings. The first-order valence-electron chi connectivity index (χ1n) is 9.76. The summed E-state index contributed by atoms with van der Waals surface area (Å²) < 4.78 is 51.6. The highest BCUT2D eigenvalue weighted by molar-refractivity contribution is 7.90. The molecule has 0 amide bonds. The number of hydrogen-bond donors (Lipinski definition) is 0. The van der Waals surface area contributed by atoms with E-state index in [9.17, 15) is 32.0 Å². The van der Waals surface area contributed by atoms with Crippen LogP contribution in [-0.2, 0) is 28.9 Å². The molecule has 182 valence electrons. The van der Waals surface area contributed by atoms with E-state index in [4.69, 9.17) is 14.2 Å². The molecule has 0 atom stereocenters. The molecular weight excluding hydrogens is 471 g/mol. The van der Waals surface area contributed by atoms with Gasteiger partial charge in [-0.3, -0.25) is 19.2 Å². The molecule has 11 heteroatoms. The lowest BCUT2D eigenvalue weighted by molar-refractivity contribution is -0.168. The topological polar surface area (TPSA) is 130 Å². The molecule has 0 aliphatic rings. The number of benzene rings is 2. The van der Waals surface area contributed by atoms with Crippen molar-refractivity contribution in [1.82, 2.24) is 0 Å². The van der Waals surface area contributed by atoms with E-state index in [-0.39, 0.29) is 21.8 Å².